The molecule has 0 saturated heterocycles. The van der Waals surface area contributed by atoms with Gasteiger partial charge in [-0.05, 0) is 39.0 Å². The van der Waals surface area contributed by atoms with Gasteiger partial charge in [-0.3, -0.25) is 9.59 Å². The summed E-state index contributed by atoms with van der Waals surface area (Å²) in [6.07, 6.45) is 1.59. The van der Waals surface area contributed by atoms with Crippen LogP contribution in [0, 0.1) is 0 Å². The van der Waals surface area contributed by atoms with Crippen LogP contribution in [0.2, 0.25) is 0 Å². The number of aromatic nitrogens is 1. The molecule has 0 spiro atoms. The van der Waals surface area contributed by atoms with Gasteiger partial charge in [-0.25, -0.2) is 0 Å². The maximum atomic E-state index is 12.0. The first kappa shape index (κ1) is 21.4. The summed E-state index contributed by atoms with van der Waals surface area (Å²) in [5.74, 6) is 0.225. The van der Waals surface area contributed by atoms with E-state index in [-0.39, 0.29) is 36.5 Å². The Hall–Kier alpha value is -1.63. The Kier molecular flexibility index (Phi) is 8.35. The molecule has 1 heterocycles. The first-order chi connectivity index (χ1) is 11.4. The SMILES string of the molecule is CC(C)c1ccc(C(N)CNC(=O)Cn2cc(Br)ccc2=O)cc1.Cl. The van der Waals surface area contributed by atoms with Gasteiger partial charge in [0.25, 0.3) is 5.56 Å². The summed E-state index contributed by atoms with van der Waals surface area (Å²) in [6.45, 7) is 4.57. The van der Waals surface area contributed by atoms with Crippen LogP contribution in [0.5, 0.6) is 0 Å². The van der Waals surface area contributed by atoms with Crippen molar-refractivity contribution in [1.82, 2.24) is 9.88 Å². The molecule has 0 aliphatic rings. The summed E-state index contributed by atoms with van der Waals surface area (Å²) in [4.78, 5) is 23.7. The van der Waals surface area contributed by atoms with Crippen molar-refractivity contribution in [3.63, 3.8) is 0 Å². The minimum atomic E-state index is -0.283. The molecule has 0 aliphatic heterocycles. The topological polar surface area (TPSA) is 77.1 Å². The van der Waals surface area contributed by atoms with Crippen molar-refractivity contribution in [3.8, 4) is 0 Å². The predicted octanol–water partition coefficient (Wildman–Crippen LogP) is 2.97. The fourth-order valence-electron chi connectivity index (χ4n) is 2.31. The quantitative estimate of drug-likeness (QED) is 0.742. The van der Waals surface area contributed by atoms with Crippen molar-refractivity contribution in [1.29, 1.82) is 0 Å². The van der Waals surface area contributed by atoms with Crippen LogP contribution in [0.4, 0.5) is 0 Å². The first-order valence-corrected chi connectivity index (χ1v) is 8.64. The Morgan fingerprint density at radius 3 is 2.36 bits per heavy atom. The molecule has 2 aromatic rings. The summed E-state index contributed by atoms with van der Waals surface area (Å²) < 4.78 is 2.10. The van der Waals surface area contributed by atoms with Crippen LogP contribution in [0.1, 0.15) is 36.9 Å². The molecule has 136 valence electrons. The number of hydrogen-bond donors (Lipinski definition) is 2. The number of rotatable bonds is 6. The minimum Gasteiger partial charge on any atom is -0.353 e. The molecule has 1 atom stereocenters. The van der Waals surface area contributed by atoms with E-state index in [0.29, 0.717) is 12.5 Å². The summed E-state index contributed by atoms with van der Waals surface area (Å²) in [5.41, 5.74) is 8.13. The summed E-state index contributed by atoms with van der Waals surface area (Å²) >= 11 is 3.28. The number of nitrogens with zero attached hydrogens (tertiary/aromatic N) is 1. The normalized spacial score (nSPS) is 11.7. The van der Waals surface area contributed by atoms with Gasteiger partial charge in [-0.2, -0.15) is 0 Å². The molecular formula is C18H23BrClN3O2. The zero-order valence-corrected chi connectivity index (χ0v) is 16.6. The van der Waals surface area contributed by atoms with Crippen molar-refractivity contribution in [3.05, 3.63) is 68.5 Å². The molecule has 1 amide bonds. The van der Waals surface area contributed by atoms with Crippen molar-refractivity contribution in [2.45, 2.75) is 32.4 Å². The molecule has 0 fully saturated rings. The van der Waals surface area contributed by atoms with E-state index in [2.05, 4.69) is 47.2 Å². The number of amides is 1. The fourth-order valence-corrected chi connectivity index (χ4v) is 2.69. The van der Waals surface area contributed by atoms with Crippen LogP contribution < -0.4 is 16.6 Å². The number of carbonyl (C=O) groups excluding carboxylic acids is 1. The van der Waals surface area contributed by atoms with E-state index >= 15 is 0 Å². The average molecular weight is 429 g/mol. The van der Waals surface area contributed by atoms with Gasteiger partial charge in [-0.1, -0.05) is 38.1 Å². The second-order valence-corrected chi connectivity index (χ2v) is 6.96. The highest BCUT2D eigenvalue weighted by molar-refractivity contribution is 9.10. The van der Waals surface area contributed by atoms with Crippen molar-refractivity contribution in [2.24, 2.45) is 5.73 Å². The molecule has 1 aromatic carbocycles. The Morgan fingerprint density at radius 1 is 1.16 bits per heavy atom. The fraction of sp³-hybridized carbons (Fsp3) is 0.333. The third-order valence-corrected chi connectivity index (χ3v) is 4.28. The Morgan fingerprint density at radius 2 is 1.76 bits per heavy atom. The molecule has 3 N–H and O–H groups in total. The highest BCUT2D eigenvalue weighted by atomic mass is 79.9. The van der Waals surface area contributed by atoms with Crippen LogP contribution in [-0.2, 0) is 11.3 Å². The molecule has 5 nitrogen and oxygen atoms in total. The summed E-state index contributed by atoms with van der Waals surface area (Å²) in [7, 11) is 0. The van der Waals surface area contributed by atoms with E-state index in [4.69, 9.17) is 5.73 Å². The van der Waals surface area contributed by atoms with Crippen molar-refractivity contribution < 1.29 is 4.79 Å². The smallest absolute Gasteiger partial charge is 0.251 e. The highest BCUT2D eigenvalue weighted by Crippen LogP contribution is 2.17. The Balaban J connectivity index is 0.00000312. The maximum Gasteiger partial charge on any atom is 0.251 e. The summed E-state index contributed by atoms with van der Waals surface area (Å²) in [6, 6.07) is 10.9. The molecular weight excluding hydrogens is 406 g/mol. The van der Waals surface area contributed by atoms with Crippen LogP contribution in [0.15, 0.2) is 51.9 Å². The lowest BCUT2D eigenvalue weighted by molar-refractivity contribution is -0.121. The molecule has 0 bridgehead atoms. The number of hydrogen-bond acceptors (Lipinski definition) is 3. The van der Waals surface area contributed by atoms with Gasteiger partial charge in [-0.15, -0.1) is 12.4 Å². The van der Waals surface area contributed by atoms with Crippen LogP contribution in [0.25, 0.3) is 0 Å². The standard InChI is InChI=1S/C18H22BrN3O2.ClH/c1-12(2)13-3-5-14(6-4-13)16(20)9-21-17(23)11-22-10-15(19)7-8-18(22)24;/h3-8,10,12,16H,9,11,20H2,1-2H3,(H,21,23);1H. The molecule has 0 radical (unpaired) electrons. The van der Waals surface area contributed by atoms with Crippen LogP contribution in [0.3, 0.4) is 0 Å². The highest BCUT2D eigenvalue weighted by Gasteiger charge is 2.10. The summed E-state index contributed by atoms with van der Waals surface area (Å²) in [5, 5.41) is 2.77. The van der Waals surface area contributed by atoms with Gasteiger partial charge >= 0.3 is 0 Å². The van der Waals surface area contributed by atoms with E-state index in [9.17, 15) is 9.59 Å². The first-order valence-electron chi connectivity index (χ1n) is 7.85. The number of nitrogens with two attached hydrogens (primary N) is 1. The number of pyridine rings is 1. The number of benzene rings is 1. The van der Waals surface area contributed by atoms with Gasteiger partial charge in [0.1, 0.15) is 6.54 Å². The molecule has 7 heteroatoms. The van der Waals surface area contributed by atoms with E-state index in [1.807, 2.05) is 12.1 Å². The van der Waals surface area contributed by atoms with Gasteiger partial charge in [0.05, 0.1) is 0 Å². The maximum absolute atomic E-state index is 12.0. The molecule has 1 aromatic heterocycles. The van der Waals surface area contributed by atoms with Gasteiger partial charge in [0.2, 0.25) is 5.91 Å². The van der Waals surface area contributed by atoms with Crippen LogP contribution >= 0.6 is 28.3 Å². The Bertz CT molecular complexity index is 760. The van der Waals surface area contributed by atoms with Gasteiger partial charge < -0.3 is 15.6 Å². The van der Waals surface area contributed by atoms with Crippen molar-refractivity contribution >= 4 is 34.2 Å². The molecule has 0 saturated carbocycles. The largest absolute Gasteiger partial charge is 0.353 e. The van der Waals surface area contributed by atoms with Gasteiger partial charge in [0.15, 0.2) is 0 Å². The number of carbonyl (C=O) groups is 1. The molecule has 25 heavy (non-hydrogen) atoms. The molecule has 0 aliphatic carbocycles. The predicted molar refractivity (Wildman–Crippen MR) is 106 cm³/mol. The average Bonchev–Trinajstić information content (AvgIpc) is 2.56. The van der Waals surface area contributed by atoms with Crippen molar-refractivity contribution in [2.75, 3.05) is 6.54 Å². The van der Waals surface area contributed by atoms with E-state index < -0.39 is 0 Å². The number of halogens is 2. The van der Waals surface area contributed by atoms with E-state index in [1.54, 1.807) is 12.3 Å². The zero-order chi connectivity index (χ0) is 17.7. The lowest BCUT2D eigenvalue weighted by Gasteiger charge is -2.15. The van der Waals surface area contributed by atoms with E-state index in [0.717, 1.165) is 10.0 Å². The number of nitrogens with one attached hydrogen (secondary N) is 1. The third kappa shape index (κ3) is 6.30. The minimum absolute atomic E-state index is 0. The Labute approximate surface area is 162 Å². The molecule has 1 unspecified atom stereocenters. The third-order valence-electron chi connectivity index (χ3n) is 3.81. The lowest BCUT2D eigenvalue weighted by atomic mass is 9.99. The second-order valence-electron chi connectivity index (χ2n) is 6.05. The zero-order valence-electron chi connectivity index (χ0n) is 14.2. The lowest BCUT2D eigenvalue weighted by Crippen LogP contribution is -2.36. The van der Waals surface area contributed by atoms with Crippen LogP contribution in [-0.4, -0.2) is 17.0 Å². The second kappa shape index (κ2) is 9.75. The molecule has 2 rings (SSSR count). The van der Waals surface area contributed by atoms with Gasteiger partial charge in [0, 0.05) is 29.3 Å². The monoisotopic (exact) mass is 427 g/mol. The van der Waals surface area contributed by atoms with E-state index in [1.165, 1.54) is 16.2 Å².